The highest BCUT2D eigenvalue weighted by Crippen LogP contribution is 2.72. The van der Waals surface area contributed by atoms with E-state index in [1.54, 1.807) is 17.3 Å². The molecule has 3 heterocycles. The maximum absolute atomic E-state index is 13.2. The summed E-state index contributed by atoms with van der Waals surface area (Å²) in [5.74, 6) is -1.10. The van der Waals surface area contributed by atoms with Crippen LogP contribution < -0.4 is 5.32 Å². The average Bonchev–Trinajstić information content (AvgIpc) is 3.01. The molecule has 7 nitrogen and oxygen atoms in total. The minimum Gasteiger partial charge on any atom is -0.338 e. The van der Waals surface area contributed by atoms with Crippen LogP contribution in [0.15, 0.2) is 18.6 Å². The van der Waals surface area contributed by atoms with E-state index in [0.717, 1.165) is 24.3 Å². The highest BCUT2D eigenvalue weighted by Gasteiger charge is 2.75. The van der Waals surface area contributed by atoms with Crippen molar-refractivity contribution >= 4 is 11.7 Å². The molecule has 1 aliphatic heterocycles. The molecule has 3 aliphatic rings. The zero-order valence-electron chi connectivity index (χ0n) is 14.9. The maximum atomic E-state index is 13.2. The van der Waals surface area contributed by atoms with Crippen LogP contribution in [0.2, 0.25) is 0 Å². The number of halogens is 2. The summed E-state index contributed by atoms with van der Waals surface area (Å²) in [6, 6.07) is -0.0905. The third kappa shape index (κ3) is 2.74. The van der Waals surface area contributed by atoms with Gasteiger partial charge in [-0.2, -0.15) is 0 Å². The highest BCUT2D eigenvalue weighted by atomic mass is 19.3. The Balaban J connectivity index is 1.10. The molecule has 2 aromatic heterocycles. The Morgan fingerprint density at radius 3 is 2.70 bits per heavy atom. The van der Waals surface area contributed by atoms with Crippen LogP contribution in [0.5, 0.6) is 0 Å². The van der Waals surface area contributed by atoms with Crippen molar-refractivity contribution in [3.05, 3.63) is 24.4 Å². The number of aromatic nitrogens is 4. The molecule has 0 aromatic carbocycles. The first-order valence-electron chi connectivity index (χ1n) is 9.53. The fourth-order valence-electron chi connectivity index (χ4n) is 4.75. The van der Waals surface area contributed by atoms with Crippen molar-refractivity contribution in [2.24, 2.45) is 11.3 Å². The number of amides is 2. The smallest absolute Gasteiger partial charge is 0.317 e. The average molecular weight is 376 g/mol. The lowest BCUT2D eigenvalue weighted by Gasteiger charge is -2.37. The van der Waals surface area contributed by atoms with Crippen LogP contribution in [0.4, 0.5) is 13.6 Å². The SMILES string of the molecule is O=C(NCC1CC2(C1)CC2(F)F)N1CCC(c2nnc3cnccn23)CC1. The Labute approximate surface area is 155 Å². The Kier molecular flexibility index (Phi) is 3.64. The summed E-state index contributed by atoms with van der Waals surface area (Å²) in [7, 11) is 0. The number of carbonyl (C=O) groups excluding carboxylic acids is 1. The Morgan fingerprint density at radius 1 is 1.26 bits per heavy atom. The Hall–Kier alpha value is -2.32. The van der Waals surface area contributed by atoms with Gasteiger partial charge in [-0.1, -0.05) is 0 Å². The molecule has 9 heteroatoms. The van der Waals surface area contributed by atoms with Gasteiger partial charge in [-0.25, -0.2) is 13.6 Å². The normalized spacial score (nSPS) is 29.7. The minimum absolute atomic E-state index is 0.0331. The van der Waals surface area contributed by atoms with Crippen LogP contribution in [0.3, 0.4) is 0 Å². The lowest BCUT2D eigenvalue weighted by molar-refractivity contribution is 0.00258. The van der Waals surface area contributed by atoms with Crippen molar-refractivity contribution in [3.63, 3.8) is 0 Å². The summed E-state index contributed by atoms with van der Waals surface area (Å²) in [4.78, 5) is 18.2. The number of likely N-dealkylation sites (tertiary alicyclic amines) is 1. The number of hydrogen-bond acceptors (Lipinski definition) is 4. The van der Waals surface area contributed by atoms with Gasteiger partial charge in [0.15, 0.2) is 5.65 Å². The summed E-state index contributed by atoms with van der Waals surface area (Å²) in [6.07, 6.45) is 8.02. The number of nitrogens with zero attached hydrogens (tertiary/aromatic N) is 5. The lowest BCUT2D eigenvalue weighted by atomic mass is 9.71. The molecule has 144 valence electrons. The molecule has 2 aliphatic carbocycles. The van der Waals surface area contributed by atoms with E-state index in [1.165, 1.54) is 0 Å². The first kappa shape index (κ1) is 16.8. The fraction of sp³-hybridized carbons (Fsp3) is 0.667. The van der Waals surface area contributed by atoms with Gasteiger partial charge in [0.1, 0.15) is 5.82 Å². The molecule has 3 fully saturated rings. The van der Waals surface area contributed by atoms with E-state index in [0.29, 0.717) is 32.5 Å². The van der Waals surface area contributed by atoms with Gasteiger partial charge in [-0.15, -0.1) is 10.2 Å². The maximum Gasteiger partial charge on any atom is 0.317 e. The molecule has 27 heavy (non-hydrogen) atoms. The number of fused-ring (bicyclic) bond motifs is 1. The molecular formula is C18H22F2N6O. The first-order chi connectivity index (χ1) is 13.0. The predicted octanol–water partition coefficient (Wildman–Crippen LogP) is 2.45. The summed E-state index contributed by atoms with van der Waals surface area (Å²) >= 11 is 0. The molecule has 2 aromatic rings. The van der Waals surface area contributed by atoms with Gasteiger partial charge in [0.05, 0.1) is 6.20 Å². The summed E-state index contributed by atoms with van der Waals surface area (Å²) in [5.41, 5.74) is 0.00395. The van der Waals surface area contributed by atoms with Crippen LogP contribution in [0.1, 0.15) is 43.8 Å². The Bertz CT molecular complexity index is 870. The zero-order valence-corrected chi connectivity index (χ0v) is 14.9. The van der Waals surface area contributed by atoms with Crippen molar-refractivity contribution in [3.8, 4) is 0 Å². The molecule has 5 rings (SSSR count). The molecular weight excluding hydrogens is 354 g/mol. The van der Waals surface area contributed by atoms with Gasteiger partial charge in [-0.3, -0.25) is 9.38 Å². The molecule has 1 N–H and O–H groups in total. The zero-order chi connectivity index (χ0) is 18.6. The number of alkyl halides is 2. The molecule has 2 amide bonds. The van der Waals surface area contributed by atoms with Gasteiger partial charge in [0.25, 0.3) is 5.92 Å². The molecule has 0 unspecified atom stereocenters. The molecule has 0 atom stereocenters. The number of carbonyl (C=O) groups is 1. The molecule has 0 bridgehead atoms. The number of hydrogen-bond donors (Lipinski definition) is 1. The summed E-state index contributed by atoms with van der Waals surface area (Å²) in [6.45, 7) is 1.81. The molecule has 1 spiro atoms. The van der Waals surface area contributed by atoms with Crippen molar-refractivity contribution in [1.82, 2.24) is 29.8 Å². The highest BCUT2D eigenvalue weighted by molar-refractivity contribution is 5.74. The first-order valence-corrected chi connectivity index (χ1v) is 9.53. The topological polar surface area (TPSA) is 75.4 Å². The van der Waals surface area contributed by atoms with Gasteiger partial charge in [0, 0.05) is 49.8 Å². The van der Waals surface area contributed by atoms with E-state index in [9.17, 15) is 13.6 Å². The van der Waals surface area contributed by atoms with Gasteiger partial charge in [0.2, 0.25) is 0 Å². The minimum atomic E-state index is -2.46. The van der Waals surface area contributed by atoms with Crippen LogP contribution >= 0.6 is 0 Å². The largest absolute Gasteiger partial charge is 0.338 e. The van der Waals surface area contributed by atoms with E-state index >= 15 is 0 Å². The number of nitrogens with one attached hydrogen (secondary N) is 1. The van der Waals surface area contributed by atoms with Crippen LogP contribution in [0.25, 0.3) is 5.65 Å². The third-order valence-electron chi connectivity index (χ3n) is 6.50. The quantitative estimate of drug-likeness (QED) is 0.893. The second-order valence-corrected chi connectivity index (χ2v) is 8.25. The second-order valence-electron chi connectivity index (χ2n) is 8.25. The lowest BCUT2D eigenvalue weighted by Crippen LogP contribution is -2.47. The van der Waals surface area contributed by atoms with Crippen LogP contribution in [-0.4, -0.2) is 56.1 Å². The second kappa shape index (κ2) is 5.84. The molecule has 2 saturated carbocycles. The van der Waals surface area contributed by atoms with E-state index in [2.05, 4.69) is 20.5 Å². The van der Waals surface area contributed by atoms with Crippen LogP contribution in [-0.2, 0) is 0 Å². The van der Waals surface area contributed by atoms with Gasteiger partial charge >= 0.3 is 6.03 Å². The van der Waals surface area contributed by atoms with Gasteiger partial charge < -0.3 is 10.2 Å². The van der Waals surface area contributed by atoms with E-state index in [4.69, 9.17) is 0 Å². The number of piperidine rings is 1. The van der Waals surface area contributed by atoms with Crippen molar-refractivity contribution in [2.75, 3.05) is 19.6 Å². The number of urea groups is 1. The fourth-order valence-corrected chi connectivity index (χ4v) is 4.75. The standard InChI is InChI=1S/C18H22F2N6O/c19-18(20)11-17(18)7-12(8-17)9-22-16(27)25-4-1-13(2-5-25)15-24-23-14-10-21-3-6-26(14)15/h3,6,10,12-13H,1-2,4-5,7-9,11H2,(H,22,27). The summed E-state index contributed by atoms with van der Waals surface area (Å²) < 4.78 is 28.4. The molecule has 1 saturated heterocycles. The monoisotopic (exact) mass is 376 g/mol. The predicted molar refractivity (Wildman–Crippen MR) is 92.4 cm³/mol. The van der Waals surface area contributed by atoms with E-state index in [-0.39, 0.29) is 24.3 Å². The van der Waals surface area contributed by atoms with Crippen molar-refractivity contribution in [2.45, 2.75) is 43.9 Å². The van der Waals surface area contributed by atoms with E-state index in [1.807, 2.05) is 10.6 Å². The Morgan fingerprint density at radius 2 is 2.00 bits per heavy atom. The van der Waals surface area contributed by atoms with Crippen LogP contribution in [0, 0.1) is 11.3 Å². The molecule has 0 radical (unpaired) electrons. The summed E-state index contributed by atoms with van der Waals surface area (Å²) in [5, 5.41) is 11.4. The van der Waals surface area contributed by atoms with Crippen molar-refractivity contribution in [1.29, 1.82) is 0 Å². The van der Waals surface area contributed by atoms with Crippen molar-refractivity contribution < 1.29 is 13.6 Å². The van der Waals surface area contributed by atoms with Gasteiger partial charge in [-0.05, 0) is 31.6 Å². The third-order valence-corrected chi connectivity index (χ3v) is 6.50. The number of rotatable bonds is 3. The van der Waals surface area contributed by atoms with E-state index < -0.39 is 11.3 Å².